The number of amides is 2. The third-order valence-electron chi connectivity index (χ3n) is 2.39. The Morgan fingerprint density at radius 3 is 2.75 bits per heavy atom. The van der Waals surface area contributed by atoms with Gasteiger partial charge in [-0.15, -0.1) is 0 Å². The van der Waals surface area contributed by atoms with E-state index in [1.165, 1.54) is 11.3 Å². The first-order chi connectivity index (χ1) is 9.54. The second-order valence-corrected chi connectivity index (χ2v) is 4.64. The van der Waals surface area contributed by atoms with Gasteiger partial charge >= 0.3 is 5.97 Å². The van der Waals surface area contributed by atoms with Crippen LogP contribution in [-0.4, -0.2) is 49.2 Å². The predicted molar refractivity (Wildman–Crippen MR) is 72.3 cm³/mol. The molecule has 0 saturated carbocycles. The quantitative estimate of drug-likeness (QED) is 0.590. The lowest BCUT2D eigenvalue weighted by Gasteiger charge is -2.10. The molecule has 0 radical (unpaired) electrons. The number of aliphatic hydroxyl groups is 1. The van der Waals surface area contributed by atoms with Crippen LogP contribution in [0.25, 0.3) is 0 Å². The van der Waals surface area contributed by atoms with Gasteiger partial charge in [-0.1, -0.05) is 0 Å². The molecule has 0 spiro atoms. The summed E-state index contributed by atoms with van der Waals surface area (Å²) in [6.07, 6.45) is -1.33. The third kappa shape index (κ3) is 5.37. The molecule has 1 unspecified atom stereocenters. The molecular weight excluding hydrogens is 284 g/mol. The Hall–Kier alpha value is -1.93. The van der Waals surface area contributed by atoms with Crippen LogP contribution in [0.15, 0.2) is 16.8 Å². The van der Waals surface area contributed by atoms with E-state index in [4.69, 9.17) is 0 Å². The fourth-order valence-corrected chi connectivity index (χ4v) is 1.94. The fourth-order valence-electron chi connectivity index (χ4n) is 1.30. The van der Waals surface area contributed by atoms with Crippen LogP contribution in [0.2, 0.25) is 0 Å². The minimum atomic E-state index is -1.38. The van der Waals surface area contributed by atoms with Crippen LogP contribution in [0.3, 0.4) is 0 Å². The summed E-state index contributed by atoms with van der Waals surface area (Å²) in [7, 11) is 1.15. The molecule has 0 aromatic carbocycles. The Morgan fingerprint density at radius 2 is 2.15 bits per heavy atom. The number of hydrogen-bond donors (Lipinski definition) is 3. The first-order valence-electron chi connectivity index (χ1n) is 5.87. The number of rotatable bonds is 7. The van der Waals surface area contributed by atoms with E-state index >= 15 is 0 Å². The smallest absolute Gasteiger partial charge is 0.336 e. The Kier molecular flexibility index (Phi) is 6.68. The van der Waals surface area contributed by atoms with Crippen molar-refractivity contribution in [2.45, 2.75) is 12.5 Å². The number of esters is 1. The van der Waals surface area contributed by atoms with Crippen molar-refractivity contribution >= 4 is 29.1 Å². The zero-order valence-electron chi connectivity index (χ0n) is 10.9. The molecule has 7 nitrogen and oxygen atoms in total. The van der Waals surface area contributed by atoms with Gasteiger partial charge in [0.1, 0.15) is 0 Å². The monoisotopic (exact) mass is 300 g/mol. The highest BCUT2D eigenvalue weighted by molar-refractivity contribution is 7.08. The molecule has 20 heavy (non-hydrogen) atoms. The summed E-state index contributed by atoms with van der Waals surface area (Å²) in [6, 6.07) is 1.69. The van der Waals surface area contributed by atoms with Gasteiger partial charge in [-0.3, -0.25) is 9.59 Å². The highest BCUT2D eigenvalue weighted by atomic mass is 32.1. The fraction of sp³-hybridized carbons (Fsp3) is 0.417. The van der Waals surface area contributed by atoms with E-state index in [-0.39, 0.29) is 31.3 Å². The van der Waals surface area contributed by atoms with E-state index in [2.05, 4.69) is 15.4 Å². The maximum Gasteiger partial charge on any atom is 0.336 e. The average molecular weight is 300 g/mol. The number of carbonyl (C=O) groups is 3. The molecule has 1 aromatic rings. The number of carbonyl (C=O) groups excluding carboxylic acids is 3. The summed E-state index contributed by atoms with van der Waals surface area (Å²) >= 11 is 1.41. The molecule has 0 aliphatic rings. The lowest BCUT2D eigenvalue weighted by Crippen LogP contribution is -2.38. The zero-order valence-corrected chi connectivity index (χ0v) is 11.7. The number of thiophene rings is 1. The van der Waals surface area contributed by atoms with Crippen molar-refractivity contribution in [3.8, 4) is 0 Å². The second kappa shape index (κ2) is 8.28. The number of ether oxygens (including phenoxy) is 1. The van der Waals surface area contributed by atoms with Crippen molar-refractivity contribution in [3.05, 3.63) is 22.4 Å². The summed E-state index contributed by atoms with van der Waals surface area (Å²) in [4.78, 5) is 33.8. The second-order valence-electron chi connectivity index (χ2n) is 3.86. The van der Waals surface area contributed by atoms with Crippen molar-refractivity contribution in [1.82, 2.24) is 10.6 Å². The van der Waals surface area contributed by atoms with Crippen LogP contribution in [-0.2, 0) is 14.3 Å². The molecule has 8 heteroatoms. The average Bonchev–Trinajstić information content (AvgIpc) is 2.97. The molecule has 0 bridgehead atoms. The van der Waals surface area contributed by atoms with Crippen molar-refractivity contribution in [1.29, 1.82) is 0 Å². The van der Waals surface area contributed by atoms with Gasteiger partial charge in [0, 0.05) is 23.9 Å². The van der Waals surface area contributed by atoms with Crippen molar-refractivity contribution < 1.29 is 24.2 Å². The van der Waals surface area contributed by atoms with Crippen molar-refractivity contribution in [2.24, 2.45) is 0 Å². The van der Waals surface area contributed by atoms with Crippen molar-refractivity contribution in [2.75, 3.05) is 20.2 Å². The number of methoxy groups -OCH3 is 1. The summed E-state index contributed by atoms with van der Waals surface area (Å²) in [5.41, 5.74) is 0.552. The van der Waals surface area contributed by atoms with Gasteiger partial charge in [-0.25, -0.2) is 4.79 Å². The summed E-state index contributed by atoms with van der Waals surface area (Å²) in [6.45, 7) is -0.0428. The number of hydrogen-bond acceptors (Lipinski definition) is 6. The highest BCUT2D eigenvalue weighted by Crippen LogP contribution is 2.04. The molecule has 1 aromatic heterocycles. The van der Waals surface area contributed by atoms with E-state index in [0.717, 1.165) is 7.11 Å². The zero-order chi connectivity index (χ0) is 15.0. The van der Waals surface area contributed by atoms with E-state index in [0.29, 0.717) is 5.56 Å². The Labute approximate surface area is 119 Å². The first kappa shape index (κ1) is 16.1. The Bertz CT molecular complexity index is 460. The van der Waals surface area contributed by atoms with Crippen LogP contribution in [0.4, 0.5) is 0 Å². The molecule has 1 rings (SSSR count). The minimum absolute atomic E-state index is 0.0593. The van der Waals surface area contributed by atoms with Gasteiger partial charge in [0.25, 0.3) is 5.91 Å². The van der Waals surface area contributed by atoms with E-state index in [1.54, 1.807) is 16.8 Å². The van der Waals surface area contributed by atoms with E-state index in [9.17, 15) is 19.5 Å². The predicted octanol–water partition coefficient (Wildman–Crippen LogP) is -0.482. The maximum absolute atomic E-state index is 11.5. The van der Waals surface area contributed by atoms with Gasteiger partial charge < -0.3 is 20.5 Å². The molecule has 0 aliphatic carbocycles. The van der Waals surface area contributed by atoms with Gasteiger partial charge in [0.2, 0.25) is 5.91 Å². The summed E-state index contributed by atoms with van der Waals surface area (Å²) in [5.74, 6) is -1.43. The minimum Gasteiger partial charge on any atom is -0.467 e. The third-order valence-corrected chi connectivity index (χ3v) is 3.07. The Balaban J connectivity index is 2.17. The van der Waals surface area contributed by atoms with Crippen LogP contribution >= 0.6 is 11.3 Å². The molecule has 3 N–H and O–H groups in total. The lowest BCUT2D eigenvalue weighted by atomic mass is 10.3. The van der Waals surface area contributed by atoms with Gasteiger partial charge in [-0.2, -0.15) is 11.3 Å². The van der Waals surface area contributed by atoms with Crippen LogP contribution < -0.4 is 10.6 Å². The molecular formula is C12H16N2O5S. The maximum atomic E-state index is 11.5. The summed E-state index contributed by atoms with van der Waals surface area (Å²) in [5, 5.41) is 17.7. The topological polar surface area (TPSA) is 105 Å². The molecule has 0 saturated heterocycles. The van der Waals surface area contributed by atoms with E-state index in [1.807, 2.05) is 0 Å². The highest BCUT2D eigenvalue weighted by Gasteiger charge is 2.16. The molecule has 1 heterocycles. The van der Waals surface area contributed by atoms with Crippen LogP contribution in [0.5, 0.6) is 0 Å². The number of nitrogens with one attached hydrogen (secondary N) is 2. The van der Waals surface area contributed by atoms with Gasteiger partial charge in [0.05, 0.1) is 13.7 Å². The van der Waals surface area contributed by atoms with E-state index < -0.39 is 12.1 Å². The SMILES string of the molecule is COC(=O)C(O)CNC(=O)CCNC(=O)c1ccsc1. The first-order valence-corrected chi connectivity index (χ1v) is 6.82. The molecule has 1 atom stereocenters. The lowest BCUT2D eigenvalue weighted by molar-refractivity contribution is -0.150. The Morgan fingerprint density at radius 1 is 1.40 bits per heavy atom. The standard InChI is InChI=1S/C12H16N2O5S/c1-19-12(18)9(15)6-14-10(16)2-4-13-11(17)8-3-5-20-7-8/h3,5,7,9,15H,2,4,6H2,1H3,(H,13,17)(H,14,16). The molecule has 0 fully saturated rings. The van der Waals surface area contributed by atoms with Gasteiger partial charge in [0.15, 0.2) is 6.10 Å². The summed E-state index contributed by atoms with van der Waals surface area (Å²) < 4.78 is 4.30. The largest absolute Gasteiger partial charge is 0.467 e. The normalized spacial score (nSPS) is 11.5. The van der Waals surface area contributed by atoms with Gasteiger partial charge in [-0.05, 0) is 11.4 Å². The number of aliphatic hydroxyl groups excluding tert-OH is 1. The van der Waals surface area contributed by atoms with Crippen LogP contribution in [0.1, 0.15) is 16.8 Å². The molecule has 110 valence electrons. The van der Waals surface area contributed by atoms with Crippen LogP contribution in [0, 0.1) is 0 Å². The molecule has 2 amide bonds. The molecule has 0 aliphatic heterocycles. The van der Waals surface area contributed by atoms with Crippen molar-refractivity contribution in [3.63, 3.8) is 0 Å².